The van der Waals surface area contributed by atoms with Crippen LogP contribution in [-0.2, 0) is 0 Å². The lowest BCUT2D eigenvalue weighted by Gasteiger charge is -2.30. The molecule has 0 amide bonds. The first-order chi connectivity index (χ1) is 11.6. The van der Waals surface area contributed by atoms with Gasteiger partial charge in [0.2, 0.25) is 0 Å². The molecule has 0 aromatic heterocycles. The summed E-state index contributed by atoms with van der Waals surface area (Å²) in [6, 6.07) is 6.02. The Morgan fingerprint density at radius 3 is 2.46 bits per heavy atom. The largest absolute Gasteiger partial charge is 0.497 e. The average molecular weight is 335 g/mol. The number of methoxy groups -OCH3 is 2. The van der Waals surface area contributed by atoms with Crippen molar-refractivity contribution in [2.75, 3.05) is 64.9 Å². The summed E-state index contributed by atoms with van der Waals surface area (Å²) in [7, 11) is 3.36. The SMILES string of the molecule is COc1cc(OC)cc(N2CCCN(C[C@]3(O)CCNC3)CC2)c1. The number of nitrogens with one attached hydrogen (secondary N) is 1. The van der Waals surface area contributed by atoms with Crippen LogP contribution >= 0.6 is 0 Å². The van der Waals surface area contributed by atoms with Crippen molar-refractivity contribution >= 4 is 5.69 Å². The molecule has 6 heteroatoms. The fraction of sp³-hybridized carbons (Fsp3) is 0.667. The van der Waals surface area contributed by atoms with Gasteiger partial charge in [-0.2, -0.15) is 0 Å². The standard InChI is InChI=1S/C18H29N3O3/c1-23-16-10-15(11-17(12-16)24-2)21-7-3-6-20(8-9-21)14-18(22)4-5-19-13-18/h10-12,19,22H,3-9,13-14H2,1-2H3/t18-/m0/s1. The number of rotatable bonds is 5. The van der Waals surface area contributed by atoms with Crippen molar-refractivity contribution in [1.29, 1.82) is 0 Å². The molecule has 2 saturated heterocycles. The highest BCUT2D eigenvalue weighted by molar-refractivity contribution is 5.55. The number of hydrogen-bond donors (Lipinski definition) is 2. The summed E-state index contributed by atoms with van der Waals surface area (Å²) in [5, 5.41) is 13.9. The summed E-state index contributed by atoms with van der Waals surface area (Å²) in [4.78, 5) is 4.77. The Labute approximate surface area is 144 Å². The monoisotopic (exact) mass is 335 g/mol. The maximum atomic E-state index is 10.6. The van der Waals surface area contributed by atoms with Gasteiger partial charge in [-0.1, -0.05) is 0 Å². The van der Waals surface area contributed by atoms with Gasteiger partial charge >= 0.3 is 0 Å². The molecule has 24 heavy (non-hydrogen) atoms. The summed E-state index contributed by atoms with van der Waals surface area (Å²) in [5.41, 5.74) is 0.572. The second kappa shape index (κ2) is 7.59. The maximum absolute atomic E-state index is 10.6. The maximum Gasteiger partial charge on any atom is 0.124 e. The molecule has 2 heterocycles. The molecule has 6 nitrogen and oxygen atoms in total. The van der Waals surface area contributed by atoms with Crippen molar-refractivity contribution < 1.29 is 14.6 Å². The number of β-amino-alcohol motifs (C(OH)–C–C–N with tert-alkyl or cyclic N) is 1. The molecule has 0 unspecified atom stereocenters. The highest BCUT2D eigenvalue weighted by atomic mass is 16.5. The highest BCUT2D eigenvalue weighted by Gasteiger charge is 2.33. The van der Waals surface area contributed by atoms with Gasteiger partial charge in [0.1, 0.15) is 11.5 Å². The smallest absolute Gasteiger partial charge is 0.124 e. The van der Waals surface area contributed by atoms with Gasteiger partial charge in [0.05, 0.1) is 19.8 Å². The molecule has 0 radical (unpaired) electrons. The third kappa shape index (κ3) is 4.12. The Kier molecular flexibility index (Phi) is 5.48. The molecule has 0 aliphatic carbocycles. The molecule has 2 N–H and O–H groups in total. The molecule has 2 aliphatic heterocycles. The van der Waals surface area contributed by atoms with Crippen molar-refractivity contribution in [2.24, 2.45) is 0 Å². The molecule has 1 atom stereocenters. The average Bonchev–Trinajstić information content (AvgIpc) is 2.89. The van der Waals surface area contributed by atoms with Crippen LogP contribution in [0.4, 0.5) is 5.69 Å². The summed E-state index contributed by atoms with van der Waals surface area (Å²) in [6.45, 7) is 6.32. The second-order valence-electron chi connectivity index (χ2n) is 6.84. The van der Waals surface area contributed by atoms with Crippen molar-refractivity contribution in [2.45, 2.75) is 18.4 Å². The lowest BCUT2D eigenvalue weighted by Crippen LogP contribution is -2.45. The van der Waals surface area contributed by atoms with E-state index in [4.69, 9.17) is 9.47 Å². The van der Waals surface area contributed by atoms with Crippen LogP contribution in [0.1, 0.15) is 12.8 Å². The van der Waals surface area contributed by atoms with E-state index in [0.717, 1.165) is 69.3 Å². The lowest BCUT2D eigenvalue weighted by molar-refractivity contribution is 0.0228. The molecule has 2 aliphatic rings. The quantitative estimate of drug-likeness (QED) is 0.835. The molecule has 134 valence electrons. The van der Waals surface area contributed by atoms with Gasteiger partial charge in [0.15, 0.2) is 0 Å². The predicted molar refractivity (Wildman–Crippen MR) is 95.3 cm³/mol. The highest BCUT2D eigenvalue weighted by Crippen LogP contribution is 2.29. The molecule has 1 aromatic carbocycles. The van der Waals surface area contributed by atoms with Crippen LogP contribution in [0.5, 0.6) is 11.5 Å². The molecule has 2 fully saturated rings. The minimum absolute atomic E-state index is 0.561. The van der Waals surface area contributed by atoms with Gasteiger partial charge < -0.3 is 24.8 Å². The molecule has 0 saturated carbocycles. The molecule has 0 spiro atoms. The number of ether oxygens (including phenoxy) is 2. The molecule has 3 rings (SSSR count). The van der Waals surface area contributed by atoms with E-state index in [1.54, 1.807) is 14.2 Å². The number of aliphatic hydroxyl groups is 1. The van der Waals surface area contributed by atoms with Gasteiger partial charge in [-0.05, 0) is 19.4 Å². The molecule has 1 aromatic rings. The second-order valence-corrected chi connectivity index (χ2v) is 6.84. The third-order valence-electron chi connectivity index (χ3n) is 5.03. The Balaban J connectivity index is 1.65. The zero-order valence-electron chi connectivity index (χ0n) is 14.8. The van der Waals surface area contributed by atoms with Crippen molar-refractivity contribution in [1.82, 2.24) is 10.2 Å². The minimum Gasteiger partial charge on any atom is -0.497 e. The molecular formula is C18H29N3O3. The van der Waals surface area contributed by atoms with Crippen molar-refractivity contribution in [3.8, 4) is 11.5 Å². The fourth-order valence-corrected chi connectivity index (χ4v) is 3.64. The van der Waals surface area contributed by atoms with Crippen LogP contribution in [0.15, 0.2) is 18.2 Å². The van der Waals surface area contributed by atoms with Crippen LogP contribution in [0, 0.1) is 0 Å². The Morgan fingerprint density at radius 1 is 1.08 bits per heavy atom. The van der Waals surface area contributed by atoms with Crippen LogP contribution < -0.4 is 19.7 Å². The zero-order chi connectivity index (χ0) is 17.0. The number of benzene rings is 1. The van der Waals surface area contributed by atoms with Gasteiger partial charge in [-0.25, -0.2) is 0 Å². The number of nitrogens with zero attached hydrogens (tertiary/aromatic N) is 2. The van der Waals surface area contributed by atoms with E-state index in [0.29, 0.717) is 6.54 Å². The lowest BCUT2D eigenvalue weighted by atomic mass is 10.0. The Morgan fingerprint density at radius 2 is 1.83 bits per heavy atom. The van der Waals surface area contributed by atoms with Crippen LogP contribution in [0.2, 0.25) is 0 Å². The van der Waals surface area contributed by atoms with Crippen LogP contribution in [0.3, 0.4) is 0 Å². The third-order valence-corrected chi connectivity index (χ3v) is 5.03. The van der Waals surface area contributed by atoms with E-state index >= 15 is 0 Å². The van der Waals surface area contributed by atoms with Gasteiger partial charge in [0, 0.05) is 63.2 Å². The van der Waals surface area contributed by atoms with E-state index in [1.807, 2.05) is 6.07 Å². The first kappa shape index (κ1) is 17.3. The van der Waals surface area contributed by atoms with Crippen molar-refractivity contribution in [3.63, 3.8) is 0 Å². The summed E-state index contributed by atoms with van der Waals surface area (Å²) < 4.78 is 10.8. The van der Waals surface area contributed by atoms with Crippen LogP contribution in [-0.4, -0.2) is 75.6 Å². The van der Waals surface area contributed by atoms with Crippen LogP contribution in [0.25, 0.3) is 0 Å². The topological polar surface area (TPSA) is 57.2 Å². The summed E-state index contributed by atoms with van der Waals surface area (Å²) >= 11 is 0. The van der Waals surface area contributed by atoms with E-state index in [1.165, 1.54) is 0 Å². The Hall–Kier alpha value is -1.50. The van der Waals surface area contributed by atoms with E-state index in [2.05, 4.69) is 27.2 Å². The van der Waals surface area contributed by atoms with E-state index < -0.39 is 5.60 Å². The predicted octanol–water partition coefficient (Wildman–Crippen LogP) is 0.940. The molecular weight excluding hydrogens is 306 g/mol. The first-order valence-corrected chi connectivity index (χ1v) is 8.75. The van der Waals surface area contributed by atoms with Crippen molar-refractivity contribution in [3.05, 3.63) is 18.2 Å². The fourth-order valence-electron chi connectivity index (χ4n) is 3.64. The number of hydrogen-bond acceptors (Lipinski definition) is 6. The van der Waals surface area contributed by atoms with E-state index in [-0.39, 0.29) is 0 Å². The minimum atomic E-state index is -0.561. The summed E-state index contributed by atoms with van der Waals surface area (Å²) in [5.74, 6) is 1.63. The van der Waals surface area contributed by atoms with Gasteiger partial charge in [-0.3, -0.25) is 4.90 Å². The normalized spacial score (nSPS) is 25.5. The van der Waals surface area contributed by atoms with Gasteiger partial charge in [-0.15, -0.1) is 0 Å². The Bertz CT molecular complexity index is 524. The van der Waals surface area contributed by atoms with Gasteiger partial charge in [0.25, 0.3) is 0 Å². The zero-order valence-corrected chi connectivity index (χ0v) is 14.8. The molecule has 0 bridgehead atoms. The first-order valence-electron chi connectivity index (χ1n) is 8.75. The van der Waals surface area contributed by atoms with E-state index in [9.17, 15) is 5.11 Å². The summed E-state index contributed by atoms with van der Waals surface area (Å²) in [6.07, 6.45) is 1.93. The number of anilines is 1.